The van der Waals surface area contributed by atoms with Crippen LogP contribution in [-0.2, 0) is 28.5 Å². The summed E-state index contributed by atoms with van der Waals surface area (Å²) in [6, 6.07) is 0. The van der Waals surface area contributed by atoms with Crippen LogP contribution in [-0.4, -0.2) is 56.0 Å². The molecule has 0 unspecified atom stereocenters. The number of hydrogen-bond acceptors (Lipinski definition) is 6. The van der Waals surface area contributed by atoms with Crippen LogP contribution in [0.5, 0.6) is 0 Å². The Morgan fingerprint density at radius 1 is 1.18 bits per heavy atom. The molecule has 0 aliphatic carbocycles. The van der Waals surface area contributed by atoms with E-state index >= 15 is 0 Å². The van der Waals surface area contributed by atoms with Crippen molar-refractivity contribution in [1.29, 1.82) is 0 Å². The van der Waals surface area contributed by atoms with Gasteiger partial charge >= 0.3 is 0 Å². The summed E-state index contributed by atoms with van der Waals surface area (Å²) in [5, 5.41) is 0. The van der Waals surface area contributed by atoms with Gasteiger partial charge in [0, 0.05) is 0 Å². The molecule has 3 atom stereocenters. The number of carbonyl (C=O) groups is 1. The second-order valence-electron chi connectivity index (χ2n) is 4.92. The molecule has 96 valence electrons. The summed E-state index contributed by atoms with van der Waals surface area (Å²) in [5.74, 6) is -2.28. The number of fused-ring (bicyclic) bond motifs is 1. The molecule has 6 nitrogen and oxygen atoms in total. The van der Waals surface area contributed by atoms with E-state index in [0.717, 1.165) is 0 Å². The highest BCUT2D eigenvalue weighted by Gasteiger charge is 2.58. The molecule has 3 rings (SSSR count). The quantitative estimate of drug-likeness (QED) is 0.590. The minimum Gasteiger partial charge on any atom is -0.373 e. The minimum atomic E-state index is -1.29. The fourth-order valence-corrected chi connectivity index (χ4v) is 2.42. The summed E-state index contributed by atoms with van der Waals surface area (Å²) in [6.07, 6.45) is -0.978. The molecule has 0 aromatic rings. The van der Waals surface area contributed by atoms with Crippen molar-refractivity contribution in [2.45, 2.75) is 37.6 Å². The van der Waals surface area contributed by atoms with E-state index in [2.05, 4.69) is 0 Å². The van der Waals surface area contributed by atoms with Crippen LogP contribution in [0.25, 0.3) is 0 Å². The normalized spacial score (nSPS) is 44.9. The highest BCUT2D eigenvalue weighted by molar-refractivity contribution is 5.91. The Bertz CT molecular complexity index is 333. The fourth-order valence-electron chi connectivity index (χ4n) is 2.42. The predicted octanol–water partition coefficient (Wildman–Crippen LogP) is -0.151. The maximum atomic E-state index is 12.3. The van der Waals surface area contributed by atoms with Crippen LogP contribution in [0.1, 0.15) is 13.8 Å². The highest BCUT2D eigenvalue weighted by Crippen LogP contribution is 2.37. The first-order valence-corrected chi connectivity index (χ1v) is 5.78. The van der Waals surface area contributed by atoms with Crippen molar-refractivity contribution in [3.63, 3.8) is 0 Å². The summed E-state index contributed by atoms with van der Waals surface area (Å²) >= 11 is 0. The van der Waals surface area contributed by atoms with Gasteiger partial charge in [-0.3, -0.25) is 4.79 Å². The van der Waals surface area contributed by atoms with E-state index in [0.29, 0.717) is 13.2 Å². The Morgan fingerprint density at radius 3 is 2.71 bits per heavy atom. The third-order valence-electron chi connectivity index (χ3n) is 3.15. The highest BCUT2D eigenvalue weighted by atomic mass is 16.8. The molecule has 0 aromatic carbocycles. The van der Waals surface area contributed by atoms with Crippen molar-refractivity contribution in [3.8, 4) is 0 Å². The summed E-state index contributed by atoms with van der Waals surface area (Å²) in [5.41, 5.74) is 0. The summed E-state index contributed by atoms with van der Waals surface area (Å²) < 4.78 is 27.5. The van der Waals surface area contributed by atoms with Crippen LogP contribution < -0.4 is 0 Å². The van der Waals surface area contributed by atoms with Crippen molar-refractivity contribution in [3.05, 3.63) is 0 Å². The van der Waals surface area contributed by atoms with Crippen molar-refractivity contribution in [2.75, 3.05) is 26.4 Å². The molecule has 0 amide bonds. The molecule has 3 aliphatic rings. The summed E-state index contributed by atoms with van der Waals surface area (Å²) in [6.45, 7) is 4.80. The maximum Gasteiger partial charge on any atom is 0.256 e. The average molecular weight is 244 g/mol. The second-order valence-corrected chi connectivity index (χ2v) is 4.92. The number of ether oxygens (including phenoxy) is 5. The van der Waals surface area contributed by atoms with Crippen molar-refractivity contribution in [2.24, 2.45) is 0 Å². The van der Waals surface area contributed by atoms with E-state index in [-0.39, 0.29) is 25.1 Å². The van der Waals surface area contributed by atoms with E-state index in [4.69, 9.17) is 23.7 Å². The van der Waals surface area contributed by atoms with Gasteiger partial charge in [0.25, 0.3) is 5.79 Å². The average Bonchev–Trinajstić information content (AvgIpc) is 2.61. The fraction of sp³-hybridized carbons (Fsp3) is 0.909. The standard InChI is InChI=1S/C11H16O6/c1-10(2)16-7-5-15-11(6-13-3-4-14-11)9(12)8(7)17-10/h7-8H,3-6H2,1-2H3/t7-,8-,11-/m1/s1. The SMILES string of the molecule is CC1(C)O[C@@H]2CO[C@]3(COCCO3)C(=O)[C@@H]2O1. The van der Waals surface area contributed by atoms with Crippen molar-refractivity contribution in [1.82, 2.24) is 0 Å². The van der Waals surface area contributed by atoms with Crippen LogP contribution in [0.2, 0.25) is 0 Å². The first-order chi connectivity index (χ1) is 8.03. The Hall–Kier alpha value is -0.530. The minimum absolute atomic E-state index is 0.124. The predicted molar refractivity (Wildman–Crippen MR) is 54.3 cm³/mol. The van der Waals surface area contributed by atoms with Crippen LogP contribution in [0, 0.1) is 0 Å². The van der Waals surface area contributed by atoms with Gasteiger partial charge in [-0.25, -0.2) is 0 Å². The zero-order chi connectivity index (χ0) is 12.1. The van der Waals surface area contributed by atoms with Crippen LogP contribution >= 0.6 is 0 Å². The Balaban J connectivity index is 1.82. The summed E-state index contributed by atoms with van der Waals surface area (Å²) in [7, 11) is 0. The molecule has 3 fully saturated rings. The molecule has 0 radical (unpaired) electrons. The molecule has 17 heavy (non-hydrogen) atoms. The van der Waals surface area contributed by atoms with Gasteiger partial charge in [0.1, 0.15) is 12.7 Å². The lowest BCUT2D eigenvalue weighted by Crippen LogP contribution is -2.62. The van der Waals surface area contributed by atoms with Gasteiger partial charge in [-0.05, 0) is 13.8 Å². The monoisotopic (exact) mass is 244 g/mol. The molecule has 3 heterocycles. The Labute approximate surface area is 99.1 Å². The van der Waals surface area contributed by atoms with Gasteiger partial charge < -0.3 is 23.7 Å². The van der Waals surface area contributed by atoms with Crippen molar-refractivity contribution >= 4 is 5.78 Å². The number of ketones is 1. The number of hydrogen-bond donors (Lipinski definition) is 0. The molecule has 3 saturated heterocycles. The first kappa shape index (κ1) is 11.6. The van der Waals surface area contributed by atoms with E-state index in [9.17, 15) is 4.79 Å². The van der Waals surface area contributed by atoms with Gasteiger partial charge in [0.15, 0.2) is 11.9 Å². The molecule has 6 heteroatoms. The second kappa shape index (κ2) is 3.73. The smallest absolute Gasteiger partial charge is 0.256 e. The lowest BCUT2D eigenvalue weighted by Gasteiger charge is -2.40. The van der Waals surface area contributed by atoms with E-state index in [1.54, 1.807) is 13.8 Å². The van der Waals surface area contributed by atoms with E-state index in [1.165, 1.54) is 0 Å². The molecule has 0 N–H and O–H groups in total. The Morgan fingerprint density at radius 2 is 2.00 bits per heavy atom. The third kappa shape index (κ3) is 1.80. The number of rotatable bonds is 0. The van der Waals surface area contributed by atoms with Crippen LogP contribution in [0.3, 0.4) is 0 Å². The van der Waals surface area contributed by atoms with Gasteiger partial charge in [0.2, 0.25) is 5.78 Å². The molecular weight excluding hydrogens is 228 g/mol. The third-order valence-corrected chi connectivity index (χ3v) is 3.15. The number of Topliss-reactive ketones (excluding diaryl/α,β-unsaturated/α-hetero) is 1. The van der Waals surface area contributed by atoms with Gasteiger partial charge in [-0.1, -0.05) is 0 Å². The van der Waals surface area contributed by atoms with Crippen LogP contribution in [0.4, 0.5) is 0 Å². The molecule has 0 bridgehead atoms. The lowest BCUT2D eigenvalue weighted by atomic mass is 9.99. The zero-order valence-electron chi connectivity index (χ0n) is 9.93. The van der Waals surface area contributed by atoms with E-state index in [1.807, 2.05) is 0 Å². The maximum absolute atomic E-state index is 12.3. The molecule has 3 aliphatic heterocycles. The van der Waals surface area contributed by atoms with Gasteiger partial charge in [-0.2, -0.15) is 0 Å². The van der Waals surface area contributed by atoms with Crippen molar-refractivity contribution < 1.29 is 28.5 Å². The topological polar surface area (TPSA) is 63.2 Å². The zero-order valence-corrected chi connectivity index (χ0v) is 9.93. The first-order valence-electron chi connectivity index (χ1n) is 5.78. The van der Waals surface area contributed by atoms with Gasteiger partial charge in [-0.15, -0.1) is 0 Å². The molecule has 0 aromatic heterocycles. The van der Waals surface area contributed by atoms with Crippen LogP contribution in [0.15, 0.2) is 0 Å². The Kier molecular flexibility index (Phi) is 2.53. The lowest BCUT2D eigenvalue weighted by molar-refractivity contribution is -0.294. The van der Waals surface area contributed by atoms with E-state index < -0.39 is 17.7 Å². The summed E-state index contributed by atoms with van der Waals surface area (Å²) in [4.78, 5) is 12.3. The number of carbonyl (C=O) groups excluding carboxylic acids is 1. The molecule has 0 saturated carbocycles. The van der Waals surface area contributed by atoms with Gasteiger partial charge in [0.05, 0.1) is 19.8 Å². The molecular formula is C11H16O6. The largest absolute Gasteiger partial charge is 0.373 e. The molecule has 1 spiro atoms.